The average molecular weight is 259 g/mol. The van der Waals surface area contributed by atoms with Crippen LogP contribution in [0.1, 0.15) is 26.3 Å². The van der Waals surface area contributed by atoms with E-state index in [0.29, 0.717) is 0 Å². The maximum absolute atomic E-state index is 11.4. The van der Waals surface area contributed by atoms with Crippen LogP contribution >= 0.6 is 0 Å². The Morgan fingerprint density at radius 2 is 1.82 bits per heavy atom. The summed E-state index contributed by atoms with van der Waals surface area (Å²) in [6, 6.07) is 4.82. The van der Waals surface area contributed by atoms with E-state index in [1.165, 1.54) is 19.2 Å². The summed E-state index contributed by atoms with van der Waals surface area (Å²) in [4.78, 5) is 9.16. The molecule has 6 heteroatoms. The molecule has 0 aromatic heterocycles. The molecule has 0 fully saturated rings. The van der Waals surface area contributed by atoms with E-state index in [0.717, 1.165) is 5.56 Å². The smallest absolute Gasteiger partial charge is 0.241 e. The van der Waals surface area contributed by atoms with Crippen LogP contribution in [0.5, 0.6) is 5.75 Å². The molecule has 0 bridgehead atoms. The van der Waals surface area contributed by atoms with Crippen molar-refractivity contribution in [3.8, 4) is 5.75 Å². The second kappa shape index (κ2) is 4.64. The summed E-state index contributed by atoms with van der Waals surface area (Å²) < 4.78 is 22.9. The number of benzene rings is 1. The van der Waals surface area contributed by atoms with Crippen molar-refractivity contribution in [3.63, 3.8) is 0 Å². The van der Waals surface area contributed by atoms with Crippen LogP contribution in [0.15, 0.2) is 23.1 Å². The van der Waals surface area contributed by atoms with E-state index in [4.69, 9.17) is 10.0 Å². The van der Waals surface area contributed by atoms with Gasteiger partial charge in [-0.2, -0.15) is 4.89 Å². The standard InChI is InChI=1S/C11H17NO4S/c1-11(2,3)8-5-6-9(16-15-4)10(7-8)17(12,13)14/h5-7H,1-4H3,(H2,12,13,14). The van der Waals surface area contributed by atoms with E-state index in [1.807, 2.05) is 20.8 Å². The van der Waals surface area contributed by atoms with E-state index in [9.17, 15) is 8.42 Å². The predicted octanol–water partition coefficient (Wildman–Crippen LogP) is 1.57. The molecule has 0 unspecified atom stereocenters. The molecule has 0 amide bonds. The van der Waals surface area contributed by atoms with Crippen molar-refractivity contribution in [2.75, 3.05) is 7.11 Å². The maximum Gasteiger partial charge on any atom is 0.241 e. The molecule has 96 valence electrons. The number of sulfonamides is 1. The van der Waals surface area contributed by atoms with Crippen LogP contribution < -0.4 is 10.0 Å². The molecule has 1 aromatic rings. The molecule has 0 aliphatic carbocycles. The summed E-state index contributed by atoms with van der Waals surface area (Å²) in [5, 5.41) is 5.14. The number of primary sulfonamides is 1. The molecule has 1 rings (SSSR count). The Morgan fingerprint density at radius 1 is 1.24 bits per heavy atom. The minimum atomic E-state index is -3.84. The lowest BCUT2D eigenvalue weighted by molar-refractivity contribution is -0.180. The minimum absolute atomic E-state index is 0.0771. The quantitative estimate of drug-likeness (QED) is 0.660. The Balaban J connectivity index is 3.40. The topological polar surface area (TPSA) is 78.6 Å². The number of hydrogen-bond acceptors (Lipinski definition) is 4. The van der Waals surface area contributed by atoms with Gasteiger partial charge in [0.15, 0.2) is 5.75 Å². The zero-order valence-electron chi connectivity index (χ0n) is 10.4. The predicted molar refractivity (Wildman–Crippen MR) is 64.2 cm³/mol. The molecule has 0 saturated heterocycles. The number of hydrogen-bond donors (Lipinski definition) is 1. The summed E-state index contributed by atoms with van der Waals surface area (Å²) in [5.74, 6) is 0.0861. The molecule has 5 nitrogen and oxygen atoms in total. The maximum atomic E-state index is 11.4. The van der Waals surface area contributed by atoms with Crippen molar-refractivity contribution in [1.82, 2.24) is 0 Å². The van der Waals surface area contributed by atoms with Gasteiger partial charge in [-0.15, -0.1) is 0 Å². The molecule has 0 saturated carbocycles. The highest BCUT2D eigenvalue weighted by Gasteiger charge is 2.21. The third-order valence-corrected chi connectivity index (χ3v) is 3.22. The van der Waals surface area contributed by atoms with Gasteiger partial charge >= 0.3 is 0 Å². The van der Waals surface area contributed by atoms with Crippen molar-refractivity contribution in [3.05, 3.63) is 23.8 Å². The summed E-state index contributed by atoms with van der Waals surface area (Å²) >= 11 is 0. The van der Waals surface area contributed by atoms with Crippen molar-refractivity contribution in [2.24, 2.45) is 5.14 Å². The zero-order chi connectivity index (χ0) is 13.3. The fourth-order valence-corrected chi connectivity index (χ4v) is 2.03. The molecule has 0 radical (unpaired) electrons. The normalized spacial score (nSPS) is 12.5. The van der Waals surface area contributed by atoms with Crippen molar-refractivity contribution in [1.29, 1.82) is 0 Å². The molecular weight excluding hydrogens is 242 g/mol. The fourth-order valence-electron chi connectivity index (χ4n) is 1.36. The van der Waals surface area contributed by atoms with Gasteiger partial charge in [-0.25, -0.2) is 13.6 Å². The van der Waals surface area contributed by atoms with Gasteiger partial charge < -0.3 is 4.89 Å². The lowest BCUT2D eigenvalue weighted by Crippen LogP contribution is -2.17. The first-order chi connectivity index (χ1) is 7.66. The SMILES string of the molecule is COOc1ccc(C(C)(C)C)cc1S(N)(=O)=O. The molecule has 0 aliphatic rings. The fraction of sp³-hybridized carbons (Fsp3) is 0.455. The number of rotatable bonds is 3. The van der Waals surface area contributed by atoms with Crippen molar-refractivity contribution >= 4 is 10.0 Å². The van der Waals surface area contributed by atoms with E-state index >= 15 is 0 Å². The van der Waals surface area contributed by atoms with Gasteiger partial charge in [-0.05, 0) is 23.1 Å². The van der Waals surface area contributed by atoms with Crippen molar-refractivity contribution in [2.45, 2.75) is 31.1 Å². The lowest BCUT2D eigenvalue weighted by atomic mass is 9.87. The summed E-state index contributed by atoms with van der Waals surface area (Å²) in [7, 11) is -2.55. The van der Waals surface area contributed by atoms with Gasteiger partial charge in [-0.1, -0.05) is 26.8 Å². The van der Waals surface area contributed by atoms with Crippen LogP contribution in [0.4, 0.5) is 0 Å². The highest BCUT2D eigenvalue weighted by atomic mass is 32.2. The Hall–Kier alpha value is -1.11. The lowest BCUT2D eigenvalue weighted by Gasteiger charge is -2.20. The first-order valence-corrected chi connectivity index (χ1v) is 6.59. The van der Waals surface area contributed by atoms with Gasteiger partial charge in [0.1, 0.15) is 4.90 Å². The van der Waals surface area contributed by atoms with Crippen LogP contribution in [0.3, 0.4) is 0 Å². The number of nitrogens with two attached hydrogens (primary N) is 1. The van der Waals surface area contributed by atoms with Gasteiger partial charge in [0, 0.05) is 0 Å². The Morgan fingerprint density at radius 3 is 2.24 bits per heavy atom. The summed E-state index contributed by atoms with van der Waals surface area (Å²) in [6.07, 6.45) is 0. The first-order valence-electron chi connectivity index (χ1n) is 5.04. The first kappa shape index (κ1) is 14.0. The van der Waals surface area contributed by atoms with Crippen LogP contribution in [0.2, 0.25) is 0 Å². The third-order valence-electron chi connectivity index (χ3n) is 2.29. The molecule has 17 heavy (non-hydrogen) atoms. The molecule has 2 N–H and O–H groups in total. The average Bonchev–Trinajstić information content (AvgIpc) is 2.15. The van der Waals surface area contributed by atoms with Crippen LogP contribution in [-0.2, 0) is 20.3 Å². The Labute approximate surface area is 102 Å². The summed E-state index contributed by atoms with van der Waals surface area (Å²) in [6.45, 7) is 5.93. The van der Waals surface area contributed by atoms with E-state index in [2.05, 4.69) is 4.89 Å². The van der Waals surface area contributed by atoms with Gasteiger partial charge in [0.25, 0.3) is 0 Å². The summed E-state index contributed by atoms with van der Waals surface area (Å²) in [5.41, 5.74) is 0.676. The second-order valence-corrected chi connectivity index (χ2v) is 6.24. The highest BCUT2D eigenvalue weighted by Crippen LogP contribution is 2.30. The minimum Gasteiger partial charge on any atom is -0.336 e. The van der Waals surface area contributed by atoms with Gasteiger partial charge in [0.2, 0.25) is 10.0 Å². The molecule has 0 heterocycles. The molecule has 1 aromatic carbocycles. The second-order valence-electron chi connectivity index (χ2n) is 4.71. The largest absolute Gasteiger partial charge is 0.336 e. The van der Waals surface area contributed by atoms with E-state index in [-0.39, 0.29) is 16.1 Å². The van der Waals surface area contributed by atoms with E-state index < -0.39 is 10.0 Å². The molecule has 0 aliphatic heterocycles. The Bertz CT molecular complexity index is 503. The van der Waals surface area contributed by atoms with Crippen molar-refractivity contribution < 1.29 is 18.2 Å². The highest BCUT2D eigenvalue weighted by molar-refractivity contribution is 7.89. The van der Waals surface area contributed by atoms with Crippen LogP contribution in [-0.4, -0.2) is 15.5 Å². The monoisotopic (exact) mass is 259 g/mol. The Kier molecular flexibility index (Phi) is 3.81. The van der Waals surface area contributed by atoms with Crippen LogP contribution in [0.25, 0.3) is 0 Å². The van der Waals surface area contributed by atoms with Crippen LogP contribution in [0, 0.1) is 0 Å². The van der Waals surface area contributed by atoms with E-state index in [1.54, 1.807) is 6.07 Å². The molecular formula is C11H17NO4S. The van der Waals surface area contributed by atoms with Gasteiger partial charge in [0.05, 0.1) is 7.11 Å². The van der Waals surface area contributed by atoms with Gasteiger partial charge in [-0.3, -0.25) is 0 Å². The third kappa shape index (κ3) is 3.42. The molecule has 0 atom stereocenters. The molecule has 0 spiro atoms. The zero-order valence-corrected chi connectivity index (χ0v) is 11.2.